The van der Waals surface area contributed by atoms with Gasteiger partial charge >= 0.3 is 0 Å². The third-order valence-electron chi connectivity index (χ3n) is 3.51. The van der Waals surface area contributed by atoms with Crippen LogP contribution in [0.5, 0.6) is 5.88 Å². The van der Waals surface area contributed by atoms with E-state index in [1.165, 1.54) is 0 Å². The first-order valence-corrected chi connectivity index (χ1v) is 7.38. The molecule has 0 aliphatic carbocycles. The van der Waals surface area contributed by atoms with Crippen molar-refractivity contribution in [1.29, 1.82) is 0 Å². The summed E-state index contributed by atoms with van der Waals surface area (Å²) in [6, 6.07) is 5.44. The molecular weight excluding hydrogens is 284 g/mol. The van der Waals surface area contributed by atoms with Gasteiger partial charge in [-0.3, -0.25) is 4.79 Å². The van der Waals surface area contributed by atoms with Crippen molar-refractivity contribution in [2.24, 2.45) is 0 Å². The van der Waals surface area contributed by atoms with Gasteiger partial charge in [-0.25, -0.2) is 4.98 Å². The van der Waals surface area contributed by atoms with E-state index in [9.17, 15) is 4.79 Å². The Labute approximate surface area is 131 Å². The zero-order valence-electron chi connectivity index (χ0n) is 13.7. The second-order valence-corrected chi connectivity index (χ2v) is 6.08. The summed E-state index contributed by atoms with van der Waals surface area (Å²) in [6.45, 7) is 5.55. The minimum Gasteiger partial charge on any atom is -0.481 e. The maximum absolute atomic E-state index is 12.6. The standard InChI is InChI=1S/C16H24N2O4/c1-16(2)11-18(9-13(22-16)10-20-3)15(19)8-12-6-5-7-14(17-12)21-4/h5-7,13H,8-11H2,1-4H3/t13-/m1/s1. The summed E-state index contributed by atoms with van der Waals surface area (Å²) >= 11 is 0. The van der Waals surface area contributed by atoms with E-state index in [1.54, 1.807) is 20.3 Å². The number of ether oxygens (including phenoxy) is 3. The maximum atomic E-state index is 12.6. The number of amides is 1. The van der Waals surface area contributed by atoms with E-state index in [0.29, 0.717) is 31.3 Å². The number of hydrogen-bond acceptors (Lipinski definition) is 5. The first-order chi connectivity index (χ1) is 10.4. The van der Waals surface area contributed by atoms with Crippen molar-refractivity contribution in [3.63, 3.8) is 0 Å². The lowest BCUT2D eigenvalue weighted by molar-refractivity contribution is -0.168. The van der Waals surface area contributed by atoms with Gasteiger partial charge in [-0.15, -0.1) is 0 Å². The van der Waals surface area contributed by atoms with E-state index in [0.717, 1.165) is 0 Å². The van der Waals surface area contributed by atoms with Crippen LogP contribution in [-0.4, -0.2) is 61.4 Å². The zero-order chi connectivity index (χ0) is 16.2. The van der Waals surface area contributed by atoms with Crippen LogP contribution in [0.25, 0.3) is 0 Å². The predicted octanol–water partition coefficient (Wildman–Crippen LogP) is 1.29. The van der Waals surface area contributed by atoms with Gasteiger partial charge in [-0.2, -0.15) is 0 Å². The fraction of sp³-hybridized carbons (Fsp3) is 0.625. The third-order valence-corrected chi connectivity index (χ3v) is 3.51. The zero-order valence-corrected chi connectivity index (χ0v) is 13.7. The molecule has 1 aromatic rings. The van der Waals surface area contributed by atoms with Crippen molar-refractivity contribution < 1.29 is 19.0 Å². The number of rotatable bonds is 5. The molecule has 1 aromatic heterocycles. The molecule has 22 heavy (non-hydrogen) atoms. The molecule has 0 saturated carbocycles. The predicted molar refractivity (Wildman–Crippen MR) is 81.9 cm³/mol. The lowest BCUT2D eigenvalue weighted by Crippen LogP contribution is -2.56. The van der Waals surface area contributed by atoms with Crippen LogP contribution in [0.15, 0.2) is 18.2 Å². The number of aromatic nitrogens is 1. The van der Waals surface area contributed by atoms with Gasteiger partial charge in [0.15, 0.2) is 0 Å². The van der Waals surface area contributed by atoms with Gasteiger partial charge in [0.05, 0.1) is 37.5 Å². The van der Waals surface area contributed by atoms with Gasteiger partial charge in [0, 0.05) is 26.3 Å². The first kappa shape index (κ1) is 16.7. The minimum absolute atomic E-state index is 0.0400. The second-order valence-electron chi connectivity index (χ2n) is 6.08. The van der Waals surface area contributed by atoms with Crippen molar-refractivity contribution in [3.8, 4) is 5.88 Å². The van der Waals surface area contributed by atoms with Crippen LogP contribution >= 0.6 is 0 Å². The van der Waals surface area contributed by atoms with Crippen LogP contribution in [0.1, 0.15) is 19.5 Å². The van der Waals surface area contributed by atoms with Crippen LogP contribution < -0.4 is 4.74 Å². The third kappa shape index (κ3) is 4.42. The minimum atomic E-state index is -0.376. The van der Waals surface area contributed by atoms with Gasteiger partial charge in [0.1, 0.15) is 0 Å². The highest BCUT2D eigenvalue weighted by Crippen LogP contribution is 2.22. The molecule has 6 heteroatoms. The monoisotopic (exact) mass is 308 g/mol. The quantitative estimate of drug-likeness (QED) is 0.820. The number of pyridine rings is 1. The first-order valence-electron chi connectivity index (χ1n) is 7.38. The Balaban J connectivity index is 2.04. The number of morpholine rings is 1. The summed E-state index contributed by atoms with van der Waals surface area (Å²) < 4.78 is 16.2. The van der Waals surface area contributed by atoms with Crippen LogP contribution in [-0.2, 0) is 20.7 Å². The molecule has 1 amide bonds. The summed E-state index contributed by atoms with van der Waals surface area (Å²) in [6.07, 6.45) is 0.156. The summed E-state index contributed by atoms with van der Waals surface area (Å²) in [5, 5.41) is 0. The Morgan fingerprint density at radius 2 is 2.23 bits per heavy atom. The van der Waals surface area contributed by atoms with Gasteiger partial charge < -0.3 is 19.1 Å². The Morgan fingerprint density at radius 1 is 1.45 bits per heavy atom. The molecule has 1 atom stereocenters. The van der Waals surface area contributed by atoms with E-state index < -0.39 is 0 Å². The Morgan fingerprint density at radius 3 is 2.91 bits per heavy atom. The molecule has 0 N–H and O–H groups in total. The highest BCUT2D eigenvalue weighted by Gasteiger charge is 2.35. The molecule has 0 aromatic carbocycles. The Hall–Kier alpha value is -1.66. The molecule has 2 rings (SSSR count). The van der Waals surface area contributed by atoms with Gasteiger partial charge in [0.2, 0.25) is 11.8 Å². The maximum Gasteiger partial charge on any atom is 0.228 e. The molecule has 6 nitrogen and oxygen atoms in total. The van der Waals surface area contributed by atoms with Crippen LogP contribution in [0.2, 0.25) is 0 Å². The van der Waals surface area contributed by atoms with Crippen molar-refractivity contribution in [2.75, 3.05) is 33.9 Å². The molecule has 0 bridgehead atoms. The lowest BCUT2D eigenvalue weighted by Gasteiger charge is -2.42. The molecule has 1 fully saturated rings. The van der Waals surface area contributed by atoms with E-state index in [4.69, 9.17) is 14.2 Å². The fourth-order valence-corrected chi connectivity index (χ4v) is 2.69. The highest BCUT2D eigenvalue weighted by atomic mass is 16.5. The Bertz CT molecular complexity index is 519. The number of carbonyl (C=O) groups excluding carboxylic acids is 1. The molecule has 0 unspecified atom stereocenters. The number of nitrogens with zero attached hydrogens (tertiary/aromatic N) is 2. The van der Waals surface area contributed by atoms with E-state index in [1.807, 2.05) is 30.9 Å². The molecule has 122 valence electrons. The topological polar surface area (TPSA) is 60.9 Å². The molecule has 2 heterocycles. The van der Waals surface area contributed by atoms with Gasteiger partial charge in [0.25, 0.3) is 0 Å². The van der Waals surface area contributed by atoms with E-state index in [2.05, 4.69) is 4.98 Å². The summed E-state index contributed by atoms with van der Waals surface area (Å²) in [7, 11) is 3.20. The van der Waals surface area contributed by atoms with E-state index >= 15 is 0 Å². The number of hydrogen-bond donors (Lipinski definition) is 0. The average Bonchev–Trinajstić information content (AvgIpc) is 2.46. The molecule has 1 aliphatic heterocycles. The van der Waals surface area contributed by atoms with Gasteiger partial charge in [-0.1, -0.05) is 6.07 Å². The van der Waals surface area contributed by atoms with E-state index in [-0.39, 0.29) is 24.0 Å². The van der Waals surface area contributed by atoms with Crippen LogP contribution in [0.3, 0.4) is 0 Å². The smallest absolute Gasteiger partial charge is 0.228 e. The largest absolute Gasteiger partial charge is 0.481 e. The molecule has 0 spiro atoms. The Kier molecular flexibility index (Phi) is 5.37. The number of methoxy groups -OCH3 is 2. The average molecular weight is 308 g/mol. The SMILES string of the molecule is COC[C@H]1CN(C(=O)Cc2cccc(OC)n2)CC(C)(C)O1. The fourth-order valence-electron chi connectivity index (χ4n) is 2.69. The number of carbonyl (C=O) groups is 1. The normalized spacial score (nSPS) is 20.7. The van der Waals surface area contributed by atoms with Crippen LogP contribution in [0, 0.1) is 0 Å². The van der Waals surface area contributed by atoms with Crippen LogP contribution in [0.4, 0.5) is 0 Å². The van der Waals surface area contributed by atoms with Crippen molar-refractivity contribution in [3.05, 3.63) is 23.9 Å². The lowest BCUT2D eigenvalue weighted by atomic mass is 10.0. The van der Waals surface area contributed by atoms with Crippen molar-refractivity contribution >= 4 is 5.91 Å². The second kappa shape index (κ2) is 7.07. The molecule has 1 saturated heterocycles. The molecular formula is C16H24N2O4. The molecule has 0 radical (unpaired) electrons. The summed E-state index contributed by atoms with van der Waals surface area (Å²) in [5.41, 5.74) is 0.329. The summed E-state index contributed by atoms with van der Waals surface area (Å²) in [5.74, 6) is 0.558. The highest BCUT2D eigenvalue weighted by molar-refractivity contribution is 5.78. The van der Waals surface area contributed by atoms with Gasteiger partial charge in [-0.05, 0) is 19.9 Å². The summed E-state index contributed by atoms with van der Waals surface area (Å²) in [4.78, 5) is 18.7. The molecule has 1 aliphatic rings. The van der Waals surface area contributed by atoms with Crippen molar-refractivity contribution in [1.82, 2.24) is 9.88 Å². The van der Waals surface area contributed by atoms with Crippen molar-refractivity contribution in [2.45, 2.75) is 32.0 Å².